The van der Waals surface area contributed by atoms with Crippen LogP contribution in [0.4, 0.5) is 5.82 Å². The predicted molar refractivity (Wildman–Crippen MR) is 130 cm³/mol. The van der Waals surface area contributed by atoms with Gasteiger partial charge in [-0.25, -0.2) is 14.5 Å². The summed E-state index contributed by atoms with van der Waals surface area (Å²) in [4.78, 5) is 33.2. The molecule has 0 atom stereocenters. The molecule has 0 aliphatic carbocycles. The van der Waals surface area contributed by atoms with Crippen LogP contribution in [0.1, 0.15) is 54.1 Å². The number of hydrogen-bond donors (Lipinski definition) is 0. The number of hydrogen-bond acceptors (Lipinski definition) is 10. The Morgan fingerprint density at radius 2 is 2.03 bits per heavy atom. The highest BCUT2D eigenvalue weighted by atomic mass is 32.1. The van der Waals surface area contributed by atoms with Crippen LogP contribution in [0.15, 0.2) is 21.3 Å². The van der Waals surface area contributed by atoms with Gasteiger partial charge >= 0.3 is 5.97 Å². The van der Waals surface area contributed by atoms with E-state index < -0.39 is 5.97 Å². The van der Waals surface area contributed by atoms with Crippen molar-refractivity contribution in [2.24, 2.45) is 0 Å². The molecule has 0 N–H and O–H groups in total. The van der Waals surface area contributed by atoms with Gasteiger partial charge in [0.2, 0.25) is 5.76 Å². The van der Waals surface area contributed by atoms with E-state index in [2.05, 4.69) is 33.8 Å². The molecule has 0 bridgehead atoms. The number of carbonyl (C=O) groups is 1. The first-order valence-electron chi connectivity index (χ1n) is 11.6. The topological polar surface area (TPSA) is 113 Å². The molecule has 2 aliphatic rings. The van der Waals surface area contributed by atoms with Crippen LogP contribution >= 0.6 is 11.3 Å². The van der Waals surface area contributed by atoms with Crippen LogP contribution in [0, 0.1) is 0 Å². The molecule has 6 rings (SSSR count). The Bertz CT molecular complexity index is 1530. The van der Waals surface area contributed by atoms with Crippen molar-refractivity contribution in [3.63, 3.8) is 0 Å². The van der Waals surface area contributed by atoms with Gasteiger partial charge in [0.1, 0.15) is 33.2 Å². The van der Waals surface area contributed by atoms with Crippen LogP contribution in [0.2, 0.25) is 0 Å². The van der Waals surface area contributed by atoms with E-state index in [1.807, 2.05) is 0 Å². The lowest BCUT2D eigenvalue weighted by atomic mass is 9.90. The lowest BCUT2D eigenvalue weighted by Gasteiger charge is -2.34. The minimum atomic E-state index is -0.578. The maximum absolute atomic E-state index is 13.4. The Morgan fingerprint density at radius 1 is 1.23 bits per heavy atom. The molecule has 11 heteroatoms. The van der Waals surface area contributed by atoms with E-state index in [0.717, 1.165) is 53.1 Å². The third kappa shape index (κ3) is 3.69. The normalized spacial score (nSPS) is 17.3. The lowest BCUT2D eigenvalue weighted by molar-refractivity contribution is -0.0395. The van der Waals surface area contributed by atoms with Crippen molar-refractivity contribution in [1.82, 2.24) is 20.0 Å². The summed E-state index contributed by atoms with van der Waals surface area (Å²) in [6.45, 7) is 6.65. The number of anilines is 1. The molecule has 10 nitrogen and oxygen atoms in total. The van der Waals surface area contributed by atoms with Crippen LogP contribution in [-0.4, -0.2) is 51.7 Å². The fourth-order valence-corrected chi connectivity index (χ4v) is 5.99. The molecule has 6 heterocycles. The van der Waals surface area contributed by atoms with E-state index in [1.165, 1.54) is 29.2 Å². The first kappa shape index (κ1) is 22.2. The van der Waals surface area contributed by atoms with E-state index in [4.69, 9.17) is 14.1 Å². The lowest BCUT2D eigenvalue weighted by Crippen LogP contribution is -2.34. The number of furan rings is 1. The van der Waals surface area contributed by atoms with E-state index in [0.29, 0.717) is 29.0 Å². The van der Waals surface area contributed by atoms with Gasteiger partial charge in [-0.1, -0.05) is 5.21 Å². The van der Waals surface area contributed by atoms with E-state index in [9.17, 15) is 9.59 Å². The minimum absolute atomic E-state index is 0.0540. The highest BCUT2D eigenvalue weighted by molar-refractivity contribution is 7.25. The molecule has 0 aromatic carbocycles. The zero-order valence-electron chi connectivity index (χ0n) is 19.8. The smallest absolute Gasteiger partial charge is 0.373 e. The van der Waals surface area contributed by atoms with Gasteiger partial charge in [-0.15, -0.1) is 16.4 Å². The fourth-order valence-electron chi connectivity index (χ4n) is 4.91. The van der Waals surface area contributed by atoms with Crippen LogP contribution in [-0.2, 0) is 29.0 Å². The maximum Gasteiger partial charge on any atom is 0.373 e. The van der Waals surface area contributed by atoms with E-state index >= 15 is 0 Å². The van der Waals surface area contributed by atoms with Gasteiger partial charge in [0.15, 0.2) is 0 Å². The van der Waals surface area contributed by atoms with Crippen molar-refractivity contribution in [3.8, 4) is 0 Å². The summed E-state index contributed by atoms with van der Waals surface area (Å²) in [5, 5.41) is 9.57. The highest BCUT2D eigenvalue weighted by Gasteiger charge is 2.33. The summed E-state index contributed by atoms with van der Waals surface area (Å²) in [6, 6.07) is 3.13. The van der Waals surface area contributed by atoms with E-state index in [-0.39, 0.29) is 23.5 Å². The molecule has 1 fully saturated rings. The molecular weight excluding hydrogens is 470 g/mol. The van der Waals surface area contributed by atoms with Gasteiger partial charge in [0.05, 0.1) is 19.3 Å². The number of ether oxygens (including phenoxy) is 2. The van der Waals surface area contributed by atoms with Crippen LogP contribution in [0.3, 0.4) is 0 Å². The van der Waals surface area contributed by atoms with E-state index in [1.54, 1.807) is 6.07 Å². The average Bonchev–Trinajstić information content (AvgIpc) is 3.59. The van der Waals surface area contributed by atoms with Gasteiger partial charge in [0.25, 0.3) is 5.56 Å². The van der Waals surface area contributed by atoms with Crippen molar-refractivity contribution in [2.45, 2.75) is 51.9 Å². The van der Waals surface area contributed by atoms with Gasteiger partial charge in [0, 0.05) is 30.5 Å². The van der Waals surface area contributed by atoms with Crippen LogP contribution < -0.4 is 10.5 Å². The monoisotopic (exact) mass is 495 g/mol. The number of rotatable bonds is 4. The Hall–Kier alpha value is -3.31. The SMILES string of the molecule is COC(=O)c1ccc(Cn2nnc3c(sc4nc(N5CCCC5)c5c(c43)CC(C)(C)OC5)c2=O)o1. The van der Waals surface area contributed by atoms with Gasteiger partial charge in [-0.2, -0.15) is 0 Å². The fraction of sp³-hybridized carbons (Fsp3) is 0.458. The third-order valence-corrected chi connectivity index (χ3v) is 7.72. The molecule has 4 aromatic heterocycles. The van der Waals surface area contributed by atoms with Crippen LogP contribution in [0.5, 0.6) is 0 Å². The standard InChI is InChI=1S/C24H25N5O5S/c1-24(2)10-14-15(12-33-24)20(28-8-4-5-9-28)25-21-17(14)18-19(35-21)22(30)29(27-26-18)11-13-6-7-16(34-13)23(31)32-3/h6-7H,4-5,8-12H2,1-3H3. The molecule has 1 saturated heterocycles. The first-order valence-corrected chi connectivity index (χ1v) is 12.4. The van der Waals surface area contributed by atoms with Gasteiger partial charge in [-0.05, 0) is 44.4 Å². The number of aromatic nitrogens is 4. The van der Waals surface area contributed by atoms with Gasteiger partial charge < -0.3 is 18.8 Å². The highest BCUT2D eigenvalue weighted by Crippen LogP contribution is 2.42. The Kier molecular flexibility index (Phi) is 5.15. The summed E-state index contributed by atoms with van der Waals surface area (Å²) < 4.78 is 18.1. The largest absolute Gasteiger partial charge is 0.463 e. The molecule has 0 spiro atoms. The number of nitrogens with zero attached hydrogens (tertiary/aromatic N) is 5. The Labute approximate surface area is 204 Å². The second-order valence-electron chi connectivity index (χ2n) is 9.58. The summed E-state index contributed by atoms with van der Waals surface area (Å²) in [7, 11) is 1.28. The molecular formula is C24H25N5O5S. The molecule has 0 radical (unpaired) electrons. The number of pyridine rings is 1. The molecule has 35 heavy (non-hydrogen) atoms. The second kappa shape index (κ2) is 8.13. The molecule has 4 aromatic rings. The molecule has 2 aliphatic heterocycles. The van der Waals surface area contributed by atoms with Crippen LogP contribution in [0.25, 0.3) is 20.4 Å². The number of esters is 1. The molecule has 0 unspecified atom stereocenters. The third-order valence-electron chi connectivity index (χ3n) is 6.66. The maximum atomic E-state index is 13.4. The predicted octanol–water partition coefficient (Wildman–Crippen LogP) is 3.28. The molecule has 182 valence electrons. The average molecular weight is 496 g/mol. The summed E-state index contributed by atoms with van der Waals surface area (Å²) >= 11 is 1.35. The van der Waals surface area contributed by atoms with Crippen molar-refractivity contribution < 1.29 is 18.7 Å². The molecule has 0 amide bonds. The Balaban J connectivity index is 1.49. The number of methoxy groups -OCH3 is 1. The zero-order valence-corrected chi connectivity index (χ0v) is 20.6. The minimum Gasteiger partial charge on any atom is -0.463 e. The van der Waals surface area contributed by atoms with Crippen molar-refractivity contribution in [1.29, 1.82) is 0 Å². The van der Waals surface area contributed by atoms with Crippen molar-refractivity contribution in [3.05, 3.63) is 45.1 Å². The second-order valence-corrected chi connectivity index (χ2v) is 10.6. The number of thiophene rings is 1. The Morgan fingerprint density at radius 3 is 2.80 bits per heavy atom. The zero-order chi connectivity index (χ0) is 24.3. The summed E-state index contributed by atoms with van der Waals surface area (Å²) in [6.07, 6.45) is 3.00. The number of carbonyl (C=O) groups excluding carboxylic acids is 1. The van der Waals surface area contributed by atoms with Crippen molar-refractivity contribution in [2.75, 3.05) is 25.1 Å². The summed E-state index contributed by atoms with van der Waals surface area (Å²) in [5.41, 5.74) is 2.23. The number of fused-ring (bicyclic) bond motifs is 5. The summed E-state index contributed by atoms with van der Waals surface area (Å²) in [5.74, 6) is 0.868. The molecule has 0 saturated carbocycles. The van der Waals surface area contributed by atoms with Gasteiger partial charge in [-0.3, -0.25) is 4.79 Å². The van der Waals surface area contributed by atoms with Crippen molar-refractivity contribution >= 4 is 43.6 Å². The quantitative estimate of drug-likeness (QED) is 0.394. The first-order chi connectivity index (χ1) is 16.8.